The molecule has 3 nitrogen and oxygen atoms in total. The van der Waals surface area contributed by atoms with Crippen LogP contribution in [0.3, 0.4) is 0 Å². The van der Waals surface area contributed by atoms with Crippen molar-refractivity contribution in [3.63, 3.8) is 0 Å². The Hall–Kier alpha value is -0.570. The van der Waals surface area contributed by atoms with Crippen LogP contribution in [0.4, 0.5) is 0 Å². The van der Waals surface area contributed by atoms with Gasteiger partial charge in [0.05, 0.1) is 12.7 Å². The van der Waals surface area contributed by atoms with Gasteiger partial charge in [-0.25, -0.2) is 0 Å². The minimum absolute atomic E-state index is 0.000468. The summed E-state index contributed by atoms with van der Waals surface area (Å²) in [6.45, 7) is 5.30. The average molecular weight is 312 g/mol. The second-order valence-electron chi connectivity index (χ2n) is 6.63. The molecular formula is C19H36O3. The molecule has 1 fully saturated rings. The van der Waals surface area contributed by atoms with E-state index in [4.69, 9.17) is 9.47 Å². The van der Waals surface area contributed by atoms with E-state index in [0.717, 1.165) is 38.7 Å². The molecule has 0 aromatic heterocycles. The lowest BCUT2D eigenvalue weighted by Crippen LogP contribution is -2.17. The van der Waals surface area contributed by atoms with Gasteiger partial charge in [-0.1, -0.05) is 58.8 Å². The summed E-state index contributed by atoms with van der Waals surface area (Å²) in [7, 11) is 0. The highest BCUT2D eigenvalue weighted by atomic mass is 16.6. The van der Waals surface area contributed by atoms with Crippen molar-refractivity contribution in [1.82, 2.24) is 0 Å². The van der Waals surface area contributed by atoms with Gasteiger partial charge in [0.2, 0.25) is 0 Å². The Morgan fingerprint density at radius 3 is 2.41 bits per heavy atom. The first-order valence-electron chi connectivity index (χ1n) is 9.57. The zero-order valence-electron chi connectivity index (χ0n) is 14.8. The molecule has 0 N–H and O–H groups in total. The Labute approximate surface area is 137 Å². The van der Waals surface area contributed by atoms with Crippen LogP contribution >= 0.6 is 0 Å². The first-order chi connectivity index (χ1) is 10.8. The van der Waals surface area contributed by atoms with E-state index in [1.165, 1.54) is 44.9 Å². The van der Waals surface area contributed by atoms with Crippen LogP contribution in [-0.4, -0.2) is 24.8 Å². The predicted molar refractivity (Wildman–Crippen MR) is 91.0 cm³/mol. The summed E-state index contributed by atoms with van der Waals surface area (Å²) in [6, 6.07) is 0. The smallest absolute Gasteiger partial charge is 0.306 e. The fourth-order valence-corrected chi connectivity index (χ4v) is 2.80. The number of rotatable bonds is 15. The van der Waals surface area contributed by atoms with Crippen LogP contribution in [0.25, 0.3) is 0 Å². The van der Waals surface area contributed by atoms with Crippen molar-refractivity contribution in [2.75, 3.05) is 6.61 Å². The largest absolute Gasteiger partial charge is 0.462 e. The third kappa shape index (κ3) is 11.1. The first-order valence-corrected chi connectivity index (χ1v) is 9.57. The van der Waals surface area contributed by atoms with Crippen LogP contribution in [0.1, 0.15) is 97.3 Å². The van der Waals surface area contributed by atoms with E-state index in [0.29, 0.717) is 12.5 Å². The van der Waals surface area contributed by atoms with E-state index in [-0.39, 0.29) is 12.1 Å². The predicted octanol–water partition coefficient (Wildman–Crippen LogP) is 5.41. The number of carbonyl (C=O) groups excluding carboxylic acids is 1. The average Bonchev–Trinajstić information content (AvgIpc) is 3.33. The lowest BCUT2D eigenvalue weighted by atomic mass is 10.1. The number of esters is 1. The molecule has 2 atom stereocenters. The lowest BCUT2D eigenvalue weighted by Gasteiger charge is -2.16. The van der Waals surface area contributed by atoms with E-state index in [2.05, 4.69) is 13.8 Å². The highest BCUT2D eigenvalue weighted by Gasteiger charge is 2.21. The number of carbonyl (C=O) groups is 1. The summed E-state index contributed by atoms with van der Waals surface area (Å²) in [5.74, 6) is 0.000468. The highest BCUT2D eigenvalue weighted by molar-refractivity contribution is 5.69. The molecule has 1 heterocycles. The molecule has 0 aromatic carbocycles. The van der Waals surface area contributed by atoms with Crippen LogP contribution in [-0.2, 0) is 14.3 Å². The molecule has 1 aliphatic rings. The van der Waals surface area contributed by atoms with E-state index in [1.807, 2.05) is 0 Å². The van der Waals surface area contributed by atoms with E-state index in [9.17, 15) is 4.79 Å². The minimum atomic E-state index is 0.000468. The van der Waals surface area contributed by atoms with E-state index >= 15 is 0 Å². The molecule has 0 saturated carbocycles. The summed E-state index contributed by atoms with van der Waals surface area (Å²) >= 11 is 0. The van der Waals surface area contributed by atoms with Crippen LogP contribution in [0.15, 0.2) is 0 Å². The summed E-state index contributed by atoms with van der Waals surface area (Å²) < 4.78 is 10.8. The van der Waals surface area contributed by atoms with Gasteiger partial charge < -0.3 is 9.47 Å². The summed E-state index contributed by atoms with van der Waals surface area (Å²) in [5.41, 5.74) is 0. The van der Waals surface area contributed by atoms with Gasteiger partial charge in [-0.05, 0) is 32.1 Å². The van der Waals surface area contributed by atoms with E-state index < -0.39 is 0 Å². The van der Waals surface area contributed by atoms with Crippen molar-refractivity contribution in [1.29, 1.82) is 0 Å². The molecule has 0 aromatic rings. The first kappa shape index (κ1) is 19.5. The van der Waals surface area contributed by atoms with Crippen LogP contribution in [0.5, 0.6) is 0 Å². The van der Waals surface area contributed by atoms with Crippen molar-refractivity contribution in [3.8, 4) is 0 Å². The van der Waals surface area contributed by atoms with Crippen molar-refractivity contribution in [3.05, 3.63) is 0 Å². The molecule has 3 heteroatoms. The van der Waals surface area contributed by atoms with Crippen LogP contribution < -0.4 is 0 Å². The summed E-state index contributed by atoms with van der Waals surface area (Å²) in [4.78, 5) is 11.8. The Morgan fingerprint density at radius 2 is 1.73 bits per heavy atom. The fraction of sp³-hybridized carbons (Fsp3) is 0.947. The van der Waals surface area contributed by atoms with Crippen molar-refractivity contribution in [2.24, 2.45) is 0 Å². The number of hydrogen-bond donors (Lipinski definition) is 0. The second kappa shape index (κ2) is 12.9. The normalized spacial score (nSPS) is 18.2. The van der Waals surface area contributed by atoms with Gasteiger partial charge in [0.15, 0.2) is 0 Å². The molecule has 0 aliphatic carbocycles. The van der Waals surface area contributed by atoms with Crippen LogP contribution in [0, 0.1) is 0 Å². The molecule has 2 unspecified atom stereocenters. The molecular weight excluding hydrogens is 276 g/mol. The van der Waals surface area contributed by atoms with Gasteiger partial charge in [-0.2, -0.15) is 0 Å². The topological polar surface area (TPSA) is 38.8 Å². The lowest BCUT2D eigenvalue weighted by molar-refractivity contribution is -0.149. The van der Waals surface area contributed by atoms with Gasteiger partial charge in [-0.15, -0.1) is 0 Å². The fourth-order valence-electron chi connectivity index (χ4n) is 2.80. The van der Waals surface area contributed by atoms with Gasteiger partial charge >= 0.3 is 5.97 Å². The number of ether oxygens (including phenoxy) is 2. The monoisotopic (exact) mass is 312 g/mol. The van der Waals surface area contributed by atoms with Gasteiger partial charge in [0.25, 0.3) is 0 Å². The molecule has 1 rings (SSSR count). The highest BCUT2D eigenvalue weighted by Crippen LogP contribution is 2.18. The molecule has 0 bridgehead atoms. The molecule has 0 radical (unpaired) electrons. The Bertz CT molecular complexity index is 274. The number of epoxide rings is 1. The Morgan fingerprint density at radius 1 is 1.05 bits per heavy atom. The third-order valence-electron chi connectivity index (χ3n) is 4.44. The van der Waals surface area contributed by atoms with Crippen molar-refractivity contribution < 1.29 is 14.3 Å². The van der Waals surface area contributed by atoms with Gasteiger partial charge in [0.1, 0.15) is 6.10 Å². The quantitative estimate of drug-likeness (QED) is 0.230. The summed E-state index contributed by atoms with van der Waals surface area (Å²) in [5, 5.41) is 0. The number of unbranched alkanes of at least 4 members (excludes halogenated alkanes) is 7. The SMILES string of the molecule is CCCCCCCCC(CC)OC(=O)CCCCCC1CO1. The van der Waals surface area contributed by atoms with Crippen molar-refractivity contribution >= 4 is 5.97 Å². The third-order valence-corrected chi connectivity index (χ3v) is 4.44. The number of hydrogen-bond acceptors (Lipinski definition) is 3. The Kier molecular flexibility index (Phi) is 11.4. The summed E-state index contributed by atoms with van der Waals surface area (Å²) in [6.07, 6.45) is 15.4. The zero-order valence-corrected chi connectivity index (χ0v) is 14.8. The van der Waals surface area contributed by atoms with Gasteiger partial charge in [-0.3, -0.25) is 4.79 Å². The molecule has 22 heavy (non-hydrogen) atoms. The molecule has 130 valence electrons. The minimum Gasteiger partial charge on any atom is -0.462 e. The maximum absolute atomic E-state index is 11.8. The van der Waals surface area contributed by atoms with Crippen molar-refractivity contribution in [2.45, 2.75) is 110 Å². The second-order valence-corrected chi connectivity index (χ2v) is 6.63. The maximum atomic E-state index is 11.8. The zero-order chi connectivity index (χ0) is 16.0. The molecule has 1 aliphatic heterocycles. The molecule has 0 amide bonds. The van der Waals surface area contributed by atoms with E-state index in [1.54, 1.807) is 0 Å². The molecule has 1 saturated heterocycles. The maximum Gasteiger partial charge on any atom is 0.306 e. The Balaban J connectivity index is 1.94. The van der Waals surface area contributed by atoms with Gasteiger partial charge in [0, 0.05) is 6.42 Å². The standard InChI is InChI=1S/C19H36O3/c1-3-5-6-7-8-10-13-17(4-2)22-19(20)15-12-9-11-14-18-16-21-18/h17-18H,3-16H2,1-2H3. The van der Waals surface area contributed by atoms with Crippen LogP contribution in [0.2, 0.25) is 0 Å². The molecule has 0 spiro atoms.